The van der Waals surface area contributed by atoms with Gasteiger partial charge >= 0.3 is 0 Å². The van der Waals surface area contributed by atoms with Crippen molar-refractivity contribution in [1.82, 2.24) is 15.2 Å². The van der Waals surface area contributed by atoms with Crippen LogP contribution in [0.2, 0.25) is 0 Å². The summed E-state index contributed by atoms with van der Waals surface area (Å²) in [6.45, 7) is 12.6. The Morgan fingerprint density at radius 2 is 2.00 bits per heavy atom. The molecule has 112 valence electrons. The van der Waals surface area contributed by atoms with Crippen molar-refractivity contribution in [2.75, 3.05) is 13.1 Å². The molecular formula is C17H29N3. The summed E-state index contributed by atoms with van der Waals surface area (Å²) in [7, 11) is 0. The lowest BCUT2D eigenvalue weighted by Crippen LogP contribution is -2.59. The zero-order chi connectivity index (χ0) is 14.5. The molecule has 0 spiro atoms. The van der Waals surface area contributed by atoms with Crippen LogP contribution in [0, 0.1) is 11.8 Å². The van der Waals surface area contributed by atoms with Gasteiger partial charge in [-0.25, -0.2) is 0 Å². The summed E-state index contributed by atoms with van der Waals surface area (Å²) < 4.78 is 0. The smallest absolute Gasteiger partial charge is 0.0271 e. The molecular weight excluding hydrogens is 246 g/mol. The Morgan fingerprint density at radius 1 is 1.30 bits per heavy atom. The molecule has 1 aliphatic heterocycles. The topological polar surface area (TPSA) is 28.2 Å². The van der Waals surface area contributed by atoms with Crippen molar-refractivity contribution in [3.8, 4) is 0 Å². The number of piperazine rings is 1. The third-order valence-electron chi connectivity index (χ3n) is 4.73. The molecule has 0 bridgehead atoms. The van der Waals surface area contributed by atoms with Gasteiger partial charge in [0.15, 0.2) is 0 Å². The van der Waals surface area contributed by atoms with E-state index in [1.54, 1.807) is 0 Å². The molecule has 1 aliphatic rings. The van der Waals surface area contributed by atoms with Crippen LogP contribution in [0.15, 0.2) is 24.5 Å². The molecule has 0 amide bonds. The highest BCUT2D eigenvalue weighted by atomic mass is 15.2. The van der Waals surface area contributed by atoms with Gasteiger partial charge < -0.3 is 5.32 Å². The van der Waals surface area contributed by atoms with Crippen LogP contribution in [0.4, 0.5) is 0 Å². The molecule has 3 nitrogen and oxygen atoms in total. The lowest BCUT2D eigenvalue weighted by atomic mass is 9.91. The molecule has 1 aromatic heterocycles. The molecule has 3 heteroatoms. The van der Waals surface area contributed by atoms with Crippen molar-refractivity contribution in [2.45, 2.75) is 52.7 Å². The van der Waals surface area contributed by atoms with Crippen LogP contribution in [-0.2, 0) is 6.54 Å². The maximum Gasteiger partial charge on any atom is 0.0271 e. The normalized spacial score (nSPS) is 25.9. The van der Waals surface area contributed by atoms with Crippen LogP contribution < -0.4 is 5.32 Å². The first-order valence-corrected chi connectivity index (χ1v) is 7.98. The molecule has 1 aromatic rings. The highest BCUT2D eigenvalue weighted by molar-refractivity contribution is 5.10. The van der Waals surface area contributed by atoms with Gasteiger partial charge in [-0.1, -0.05) is 34.1 Å². The van der Waals surface area contributed by atoms with Crippen molar-refractivity contribution >= 4 is 0 Å². The summed E-state index contributed by atoms with van der Waals surface area (Å²) >= 11 is 0. The summed E-state index contributed by atoms with van der Waals surface area (Å²) in [4.78, 5) is 6.79. The van der Waals surface area contributed by atoms with Gasteiger partial charge in [0.1, 0.15) is 0 Å². The number of pyridine rings is 1. The summed E-state index contributed by atoms with van der Waals surface area (Å²) in [5.74, 6) is 1.42. The number of rotatable bonds is 5. The highest BCUT2D eigenvalue weighted by Gasteiger charge is 2.31. The Kier molecular flexibility index (Phi) is 5.55. The molecule has 1 fully saturated rings. The fourth-order valence-corrected chi connectivity index (χ4v) is 3.04. The SMILES string of the molecule is CCC(C)C1CNC(C(C)C)CN1Cc1ccncc1. The van der Waals surface area contributed by atoms with E-state index >= 15 is 0 Å². The maximum atomic E-state index is 4.12. The predicted molar refractivity (Wildman–Crippen MR) is 84.5 cm³/mol. The summed E-state index contributed by atoms with van der Waals surface area (Å²) in [5, 5.41) is 3.75. The Bertz CT molecular complexity index is 390. The van der Waals surface area contributed by atoms with Crippen molar-refractivity contribution in [3.05, 3.63) is 30.1 Å². The van der Waals surface area contributed by atoms with E-state index in [-0.39, 0.29) is 0 Å². The van der Waals surface area contributed by atoms with Gasteiger partial charge in [0, 0.05) is 44.1 Å². The Balaban J connectivity index is 2.09. The summed E-state index contributed by atoms with van der Waals surface area (Å²) in [5.41, 5.74) is 1.37. The van der Waals surface area contributed by atoms with E-state index in [1.165, 1.54) is 12.0 Å². The van der Waals surface area contributed by atoms with Gasteiger partial charge in [-0.3, -0.25) is 9.88 Å². The monoisotopic (exact) mass is 275 g/mol. The predicted octanol–water partition coefficient (Wildman–Crippen LogP) is 2.93. The number of hydrogen-bond donors (Lipinski definition) is 1. The molecule has 1 N–H and O–H groups in total. The molecule has 20 heavy (non-hydrogen) atoms. The Morgan fingerprint density at radius 3 is 2.60 bits per heavy atom. The molecule has 3 unspecified atom stereocenters. The van der Waals surface area contributed by atoms with Gasteiger partial charge in [0.25, 0.3) is 0 Å². The lowest BCUT2D eigenvalue weighted by Gasteiger charge is -2.44. The van der Waals surface area contributed by atoms with Crippen LogP contribution >= 0.6 is 0 Å². The van der Waals surface area contributed by atoms with E-state index in [0.717, 1.165) is 25.6 Å². The minimum Gasteiger partial charge on any atom is -0.311 e. The van der Waals surface area contributed by atoms with E-state index in [2.05, 4.69) is 55.0 Å². The van der Waals surface area contributed by atoms with Crippen molar-refractivity contribution in [3.63, 3.8) is 0 Å². The fraction of sp³-hybridized carbons (Fsp3) is 0.706. The van der Waals surface area contributed by atoms with Gasteiger partial charge in [-0.2, -0.15) is 0 Å². The van der Waals surface area contributed by atoms with E-state index in [0.29, 0.717) is 18.0 Å². The maximum absolute atomic E-state index is 4.12. The van der Waals surface area contributed by atoms with Gasteiger partial charge in [-0.15, -0.1) is 0 Å². The second-order valence-electron chi connectivity index (χ2n) is 6.50. The van der Waals surface area contributed by atoms with Crippen LogP contribution in [-0.4, -0.2) is 35.1 Å². The first-order chi connectivity index (χ1) is 9.61. The third kappa shape index (κ3) is 3.80. The fourth-order valence-electron chi connectivity index (χ4n) is 3.04. The van der Waals surface area contributed by atoms with Crippen LogP contribution in [0.5, 0.6) is 0 Å². The largest absolute Gasteiger partial charge is 0.311 e. The van der Waals surface area contributed by atoms with Crippen molar-refractivity contribution in [1.29, 1.82) is 0 Å². The van der Waals surface area contributed by atoms with E-state index in [9.17, 15) is 0 Å². The third-order valence-corrected chi connectivity index (χ3v) is 4.73. The van der Waals surface area contributed by atoms with Crippen molar-refractivity contribution in [2.24, 2.45) is 11.8 Å². The minimum atomic E-state index is 0.608. The number of nitrogens with zero attached hydrogens (tertiary/aromatic N) is 2. The summed E-state index contributed by atoms with van der Waals surface area (Å²) in [6, 6.07) is 5.53. The number of hydrogen-bond acceptors (Lipinski definition) is 3. The van der Waals surface area contributed by atoms with E-state index in [1.807, 2.05) is 12.4 Å². The second-order valence-corrected chi connectivity index (χ2v) is 6.50. The van der Waals surface area contributed by atoms with E-state index in [4.69, 9.17) is 0 Å². The quantitative estimate of drug-likeness (QED) is 0.895. The average Bonchev–Trinajstić information content (AvgIpc) is 2.47. The average molecular weight is 275 g/mol. The van der Waals surface area contributed by atoms with Gasteiger partial charge in [0.2, 0.25) is 0 Å². The molecule has 1 saturated heterocycles. The highest BCUT2D eigenvalue weighted by Crippen LogP contribution is 2.22. The standard InChI is InChI=1S/C17H29N3/c1-5-14(4)17-10-19-16(13(2)3)12-20(17)11-15-6-8-18-9-7-15/h6-9,13-14,16-17,19H,5,10-12H2,1-4H3. The number of aromatic nitrogens is 1. The molecule has 0 aliphatic carbocycles. The van der Waals surface area contributed by atoms with Crippen LogP contribution in [0.25, 0.3) is 0 Å². The Labute approximate surface area is 123 Å². The first kappa shape index (κ1) is 15.5. The molecule has 0 radical (unpaired) electrons. The zero-order valence-electron chi connectivity index (χ0n) is 13.3. The van der Waals surface area contributed by atoms with Crippen LogP contribution in [0.1, 0.15) is 39.7 Å². The molecule has 2 heterocycles. The number of nitrogens with one attached hydrogen (secondary N) is 1. The van der Waals surface area contributed by atoms with Gasteiger partial charge in [-0.05, 0) is 29.5 Å². The van der Waals surface area contributed by atoms with Crippen LogP contribution in [0.3, 0.4) is 0 Å². The molecule has 3 atom stereocenters. The first-order valence-electron chi connectivity index (χ1n) is 7.98. The second kappa shape index (κ2) is 7.19. The zero-order valence-corrected chi connectivity index (χ0v) is 13.3. The molecule has 0 saturated carbocycles. The van der Waals surface area contributed by atoms with E-state index < -0.39 is 0 Å². The minimum absolute atomic E-state index is 0.608. The Hall–Kier alpha value is -0.930. The van der Waals surface area contributed by atoms with Gasteiger partial charge in [0.05, 0.1) is 0 Å². The molecule has 0 aromatic carbocycles. The summed E-state index contributed by atoms with van der Waals surface area (Å²) in [6.07, 6.45) is 5.04. The molecule has 2 rings (SSSR count). The lowest BCUT2D eigenvalue weighted by molar-refractivity contribution is 0.0722. The van der Waals surface area contributed by atoms with Crippen molar-refractivity contribution < 1.29 is 0 Å².